The molecular formula is C14H22BrN3S. The number of anilines is 1. The molecule has 5 heteroatoms. The van der Waals surface area contributed by atoms with Crippen LogP contribution in [-0.2, 0) is 5.41 Å². The van der Waals surface area contributed by atoms with Crippen molar-refractivity contribution >= 4 is 33.5 Å². The molecule has 1 unspecified atom stereocenters. The van der Waals surface area contributed by atoms with Crippen molar-refractivity contribution in [3.05, 3.63) is 16.5 Å². The van der Waals surface area contributed by atoms with Crippen molar-refractivity contribution in [3.63, 3.8) is 0 Å². The van der Waals surface area contributed by atoms with Gasteiger partial charge < -0.3 is 5.32 Å². The Labute approximate surface area is 128 Å². The van der Waals surface area contributed by atoms with E-state index in [0.29, 0.717) is 0 Å². The quantitative estimate of drug-likeness (QED) is 0.833. The molecule has 1 saturated heterocycles. The summed E-state index contributed by atoms with van der Waals surface area (Å²) in [5.41, 5.74) is -0.0280. The maximum absolute atomic E-state index is 4.63. The van der Waals surface area contributed by atoms with E-state index in [-0.39, 0.29) is 5.41 Å². The van der Waals surface area contributed by atoms with E-state index in [1.807, 2.05) is 6.07 Å². The number of hydrogen-bond acceptors (Lipinski definition) is 4. The number of rotatable bonds is 3. The Morgan fingerprint density at radius 1 is 1.37 bits per heavy atom. The van der Waals surface area contributed by atoms with Crippen molar-refractivity contribution in [2.75, 3.05) is 17.6 Å². The van der Waals surface area contributed by atoms with Gasteiger partial charge in [-0.1, -0.05) is 27.2 Å². The van der Waals surface area contributed by atoms with Gasteiger partial charge >= 0.3 is 0 Å². The van der Waals surface area contributed by atoms with E-state index >= 15 is 0 Å². The van der Waals surface area contributed by atoms with Gasteiger partial charge in [-0.3, -0.25) is 0 Å². The number of halogens is 1. The second-order valence-electron chi connectivity index (χ2n) is 6.02. The zero-order valence-corrected chi connectivity index (χ0v) is 14.3. The average molecular weight is 344 g/mol. The van der Waals surface area contributed by atoms with Crippen LogP contribution in [0, 0.1) is 0 Å². The van der Waals surface area contributed by atoms with Gasteiger partial charge in [0.2, 0.25) is 0 Å². The van der Waals surface area contributed by atoms with E-state index in [1.54, 1.807) is 0 Å². The van der Waals surface area contributed by atoms with Crippen LogP contribution in [0.1, 0.15) is 45.9 Å². The Bertz CT molecular complexity index is 425. The lowest BCUT2D eigenvalue weighted by atomic mass is 9.96. The molecule has 1 aliphatic rings. The molecule has 0 spiro atoms. The third kappa shape index (κ3) is 4.63. The van der Waals surface area contributed by atoms with Gasteiger partial charge in [0.05, 0.1) is 0 Å². The predicted molar refractivity (Wildman–Crippen MR) is 87.0 cm³/mol. The smallest absolute Gasteiger partial charge is 0.137 e. The molecule has 0 bridgehead atoms. The van der Waals surface area contributed by atoms with Crippen LogP contribution >= 0.6 is 27.7 Å². The molecule has 0 aliphatic carbocycles. The highest BCUT2D eigenvalue weighted by molar-refractivity contribution is 9.10. The van der Waals surface area contributed by atoms with Gasteiger partial charge in [-0.05, 0) is 34.5 Å². The van der Waals surface area contributed by atoms with Crippen LogP contribution in [-0.4, -0.2) is 27.5 Å². The average Bonchev–Trinajstić information content (AvgIpc) is 2.36. The molecule has 106 valence electrons. The van der Waals surface area contributed by atoms with Crippen molar-refractivity contribution in [2.45, 2.75) is 50.7 Å². The summed E-state index contributed by atoms with van der Waals surface area (Å²) in [4.78, 5) is 9.09. The molecule has 1 aromatic rings. The first-order chi connectivity index (χ1) is 8.95. The number of hydrogen-bond donors (Lipinski definition) is 1. The third-order valence-electron chi connectivity index (χ3n) is 3.15. The minimum atomic E-state index is -0.0280. The van der Waals surface area contributed by atoms with E-state index in [9.17, 15) is 0 Å². The number of thioether (sulfide) groups is 1. The molecule has 0 saturated carbocycles. The monoisotopic (exact) mass is 343 g/mol. The van der Waals surface area contributed by atoms with E-state index in [2.05, 4.69) is 63.7 Å². The highest BCUT2D eigenvalue weighted by Crippen LogP contribution is 2.26. The van der Waals surface area contributed by atoms with Crippen LogP contribution in [0.25, 0.3) is 0 Å². The van der Waals surface area contributed by atoms with Gasteiger partial charge in [0, 0.05) is 23.3 Å². The van der Waals surface area contributed by atoms with Crippen LogP contribution in [0.5, 0.6) is 0 Å². The summed E-state index contributed by atoms with van der Waals surface area (Å²) >= 11 is 5.55. The number of nitrogens with one attached hydrogen (secondary N) is 1. The lowest BCUT2D eigenvalue weighted by Gasteiger charge is -2.22. The first-order valence-electron chi connectivity index (χ1n) is 6.86. The fraction of sp³-hybridized carbons (Fsp3) is 0.714. The fourth-order valence-corrected chi connectivity index (χ4v) is 3.65. The van der Waals surface area contributed by atoms with E-state index in [4.69, 9.17) is 0 Å². The van der Waals surface area contributed by atoms with Crippen molar-refractivity contribution in [1.82, 2.24) is 9.97 Å². The summed E-state index contributed by atoms with van der Waals surface area (Å²) in [6.07, 6.45) is 4.05. The summed E-state index contributed by atoms with van der Waals surface area (Å²) < 4.78 is 0.853. The molecule has 0 radical (unpaired) electrons. The number of nitrogens with zero attached hydrogens (tertiary/aromatic N) is 2. The molecule has 19 heavy (non-hydrogen) atoms. The van der Waals surface area contributed by atoms with Crippen LogP contribution in [0.3, 0.4) is 0 Å². The molecule has 2 rings (SSSR count). The summed E-state index contributed by atoms with van der Waals surface area (Å²) in [6.45, 7) is 7.40. The first-order valence-corrected chi connectivity index (χ1v) is 8.70. The van der Waals surface area contributed by atoms with E-state index in [0.717, 1.165) is 28.0 Å². The Balaban J connectivity index is 2.01. The topological polar surface area (TPSA) is 37.8 Å². The highest BCUT2D eigenvalue weighted by Gasteiger charge is 2.19. The summed E-state index contributed by atoms with van der Waals surface area (Å²) in [5, 5.41) is 4.19. The SMILES string of the molecule is CC(C)(C)c1nc(Br)cc(NCC2CCCCS2)n1. The van der Waals surface area contributed by atoms with Gasteiger partial charge in [-0.15, -0.1) is 0 Å². The Kier molecular flexibility index (Phi) is 5.12. The standard InChI is InChI=1S/C14H22BrN3S/c1-14(2,3)13-17-11(15)8-12(18-13)16-9-10-6-4-5-7-19-10/h8,10H,4-7,9H2,1-3H3,(H,16,17,18). The second kappa shape index (κ2) is 6.44. The van der Waals surface area contributed by atoms with Crippen molar-refractivity contribution in [3.8, 4) is 0 Å². The molecule has 1 aliphatic heterocycles. The van der Waals surface area contributed by atoms with Crippen molar-refractivity contribution in [1.29, 1.82) is 0 Å². The molecule has 1 aromatic heterocycles. The minimum Gasteiger partial charge on any atom is -0.369 e. The first kappa shape index (κ1) is 15.1. The zero-order valence-electron chi connectivity index (χ0n) is 11.9. The Morgan fingerprint density at radius 3 is 2.79 bits per heavy atom. The molecule has 2 heterocycles. The van der Waals surface area contributed by atoms with E-state index in [1.165, 1.54) is 25.0 Å². The van der Waals surface area contributed by atoms with Gasteiger partial charge in [0.25, 0.3) is 0 Å². The Morgan fingerprint density at radius 2 is 2.16 bits per heavy atom. The highest BCUT2D eigenvalue weighted by atomic mass is 79.9. The normalized spacial score (nSPS) is 20.3. The molecule has 3 nitrogen and oxygen atoms in total. The fourth-order valence-electron chi connectivity index (χ4n) is 2.03. The minimum absolute atomic E-state index is 0.0280. The molecule has 1 fully saturated rings. The molecular weight excluding hydrogens is 322 g/mol. The zero-order chi connectivity index (χ0) is 13.9. The lowest BCUT2D eigenvalue weighted by molar-refractivity contribution is 0.544. The third-order valence-corrected chi connectivity index (χ3v) is 4.95. The molecule has 1 N–H and O–H groups in total. The van der Waals surface area contributed by atoms with E-state index < -0.39 is 0 Å². The van der Waals surface area contributed by atoms with Crippen LogP contribution in [0.2, 0.25) is 0 Å². The number of aromatic nitrogens is 2. The van der Waals surface area contributed by atoms with Crippen molar-refractivity contribution in [2.24, 2.45) is 0 Å². The largest absolute Gasteiger partial charge is 0.369 e. The molecule has 0 amide bonds. The lowest BCUT2D eigenvalue weighted by Crippen LogP contribution is -2.22. The van der Waals surface area contributed by atoms with Crippen LogP contribution < -0.4 is 5.32 Å². The second-order valence-corrected chi connectivity index (χ2v) is 8.24. The van der Waals surface area contributed by atoms with Crippen molar-refractivity contribution < 1.29 is 0 Å². The van der Waals surface area contributed by atoms with Crippen LogP contribution in [0.15, 0.2) is 10.7 Å². The Hall–Kier alpha value is -0.290. The summed E-state index contributed by atoms with van der Waals surface area (Å²) in [5.74, 6) is 3.10. The molecule has 0 aromatic carbocycles. The summed E-state index contributed by atoms with van der Waals surface area (Å²) in [7, 11) is 0. The molecule has 1 atom stereocenters. The van der Waals surface area contributed by atoms with Gasteiger partial charge in [-0.2, -0.15) is 11.8 Å². The van der Waals surface area contributed by atoms with Crippen LogP contribution in [0.4, 0.5) is 5.82 Å². The van der Waals surface area contributed by atoms with Gasteiger partial charge in [0.15, 0.2) is 0 Å². The maximum Gasteiger partial charge on any atom is 0.137 e. The van der Waals surface area contributed by atoms with Gasteiger partial charge in [0.1, 0.15) is 16.2 Å². The maximum atomic E-state index is 4.63. The predicted octanol–water partition coefficient (Wildman–Crippen LogP) is 4.23. The van der Waals surface area contributed by atoms with Gasteiger partial charge in [-0.25, -0.2) is 9.97 Å². The summed E-state index contributed by atoms with van der Waals surface area (Å²) in [6, 6.07) is 1.96.